The van der Waals surface area contributed by atoms with Crippen molar-refractivity contribution < 1.29 is 28.1 Å². The van der Waals surface area contributed by atoms with E-state index in [4.69, 9.17) is 14.2 Å². The summed E-state index contributed by atoms with van der Waals surface area (Å²) in [7, 11) is 0.841. The maximum atomic E-state index is 11.2. The van der Waals surface area contributed by atoms with Crippen LogP contribution >= 0.6 is 8.17 Å². The van der Waals surface area contributed by atoms with E-state index in [2.05, 4.69) is 9.47 Å². The topological polar surface area (TPSA) is 94.9 Å². The van der Waals surface area contributed by atoms with Crippen molar-refractivity contribution in [3.63, 3.8) is 0 Å². The van der Waals surface area contributed by atoms with E-state index in [0.29, 0.717) is 37.2 Å². The minimum Gasteiger partial charge on any atom is -0.469 e. The zero-order valence-corrected chi connectivity index (χ0v) is 16.7. The van der Waals surface area contributed by atoms with Gasteiger partial charge in [0.2, 0.25) is 0 Å². The van der Waals surface area contributed by atoms with Crippen LogP contribution in [0.3, 0.4) is 0 Å². The van der Waals surface area contributed by atoms with Crippen LogP contribution in [0.2, 0.25) is 0 Å². The molecule has 0 atom stereocenters. The van der Waals surface area contributed by atoms with E-state index in [-0.39, 0.29) is 11.9 Å². The van der Waals surface area contributed by atoms with Gasteiger partial charge in [0.1, 0.15) is 0 Å². The molecule has 148 valence electrons. The van der Waals surface area contributed by atoms with Crippen LogP contribution in [-0.2, 0) is 31.9 Å². The molecular formula is C20H23NO6P+. The van der Waals surface area contributed by atoms with Crippen molar-refractivity contribution in [1.82, 2.24) is 0 Å². The zero-order valence-electron chi connectivity index (χ0n) is 15.8. The number of methoxy groups -OCH3 is 2. The van der Waals surface area contributed by atoms with Crippen LogP contribution in [0.1, 0.15) is 24.0 Å². The Labute approximate surface area is 165 Å². The quantitative estimate of drug-likeness (QED) is 0.465. The Balaban J connectivity index is 1.81. The number of esters is 2. The smallest absolute Gasteiger partial charge is 0.469 e. The molecule has 7 nitrogen and oxygen atoms in total. The van der Waals surface area contributed by atoms with Crippen LogP contribution in [0.4, 0.5) is 0 Å². The van der Waals surface area contributed by atoms with Gasteiger partial charge in [-0.25, -0.2) is 9.05 Å². The van der Waals surface area contributed by atoms with Gasteiger partial charge in [0.15, 0.2) is 11.5 Å². The molecule has 28 heavy (non-hydrogen) atoms. The number of carbonyl (C=O) groups is 2. The summed E-state index contributed by atoms with van der Waals surface area (Å²) in [5.74, 6) is 0.551. The Morgan fingerprint density at radius 1 is 0.750 bits per heavy atom. The molecule has 0 radical (unpaired) electrons. The van der Waals surface area contributed by atoms with Gasteiger partial charge in [-0.3, -0.25) is 9.59 Å². The molecular weight excluding hydrogens is 381 g/mol. The molecule has 0 saturated heterocycles. The third-order valence-corrected chi connectivity index (χ3v) is 4.67. The average molecular weight is 404 g/mol. The van der Waals surface area contributed by atoms with Crippen LogP contribution in [0.5, 0.6) is 11.5 Å². The number of carbonyl (C=O) groups excluding carboxylic acids is 2. The van der Waals surface area contributed by atoms with Crippen molar-refractivity contribution in [2.24, 2.45) is 0 Å². The molecule has 2 rings (SSSR count). The van der Waals surface area contributed by atoms with Crippen molar-refractivity contribution in [3.8, 4) is 11.5 Å². The molecule has 2 aromatic carbocycles. The average Bonchev–Trinajstić information content (AvgIpc) is 2.72. The van der Waals surface area contributed by atoms with Crippen molar-refractivity contribution >= 4 is 20.1 Å². The van der Waals surface area contributed by atoms with E-state index >= 15 is 0 Å². The highest BCUT2D eigenvalue weighted by molar-refractivity contribution is 7.35. The maximum absolute atomic E-state index is 11.2. The second-order valence-electron chi connectivity index (χ2n) is 5.88. The van der Waals surface area contributed by atoms with Crippen LogP contribution in [0, 0.1) is 5.16 Å². The normalized spacial score (nSPS) is 10.1. The fourth-order valence-corrected chi connectivity index (χ4v) is 3.00. The van der Waals surface area contributed by atoms with Crippen molar-refractivity contribution in [2.75, 3.05) is 14.2 Å². The lowest BCUT2D eigenvalue weighted by Gasteiger charge is -2.02. The van der Waals surface area contributed by atoms with Gasteiger partial charge in [0.25, 0.3) is 0 Å². The summed E-state index contributed by atoms with van der Waals surface area (Å²) in [5, 5.41) is 7.98. The van der Waals surface area contributed by atoms with E-state index in [1.807, 2.05) is 24.3 Å². The predicted molar refractivity (Wildman–Crippen MR) is 104 cm³/mol. The Bertz CT molecular complexity index is 737. The van der Waals surface area contributed by atoms with E-state index < -0.39 is 8.17 Å². The summed E-state index contributed by atoms with van der Waals surface area (Å²) >= 11 is 0. The van der Waals surface area contributed by atoms with E-state index in [1.165, 1.54) is 14.2 Å². The van der Waals surface area contributed by atoms with Gasteiger partial charge in [-0.1, -0.05) is 24.3 Å². The third-order valence-electron chi connectivity index (χ3n) is 3.91. The molecule has 0 aliphatic carbocycles. The molecule has 0 aromatic heterocycles. The Morgan fingerprint density at radius 2 is 1.11 bits per heavy atom. The lowest BCUT2D eigenvalue weighted by molar-refractivity contribution is -0.141. The van der Waals surface area contributed by atoms with Crippen LogP contribution < -0.4 is 9.05 Å². The van der Waals surface area contributed by atoms with E-state index in [1.54, 1.807) is 24.3 Å². The molecule has 0 amide bonds. The number of benzene rings is 2. The lowest BCUT2D eigenvalue weighted by atomic mass is 10.1. The van der Waals surface area contributed by atoms with Gasteiger partial charge in [0, 0.05) is 12.8 Å². The summed E-state index contributed by atoms with van der Waals surface area (Å²) in [5.41, 5.74) is 1.96. The van der Waals surface area contributed by atoms with Crippen molar-refractivity contribution in [1.29, 1.82) is 5.16 Å². The third kappa shape index (κ3) is 7.37. The first-order valence-corrected chi connectivity index (χ1v) is 9.86. The van der Waals surface area contributed by atoms with Gasteiger partial charge in [0.05, 0.1) is 14.2 Å². The standard InChI is InChI=1S/C20H23NO6P/c1-24-19(22)13-7-15-3-9-17(10-4-15)26-28(21)27-18-11-5-16(6-12-18)8-14-20(23)25-2/h3-6,9-12,21H,7-8,13-14H2,1-2H3/q+1. The van der Waals surface area contributed by atoms with Gasteiger partial charge in [-0.05, 0) is 53.4 Å². The number of ether oxygens (including phenoxy) is 2. The van der Waals surface area contributed by atoms with Crippen LogP contribution in [0.25, 0.3) is 0 Å². The Hall–Kier alpha value is -2.92. The van der Waals surface area contributed by atoms with Gasteiger partial charge < -0.3 is 9.47 Å². The molecule has 0 fully saturated rings. The fraction of sp³-hybridized carbons (Fsp3) is 0.300. The second-order valence-corrected chi connectivity index (χ2v) is 6.76. The summed E-state index contributed by atoms with van der Waals surface area (Å²) in [6.07, 6.45) is 1.81. The zero-order chi connectivity index (χ0) is 20.4. The first kappa shape index (κ1) is 21.4. The fourth-order valence-electron chi connectivity index (χ4n) is 2.34. The largest absolute Gasteiger partial charge is 0.664 e. The molecule has 8 heteroatoms. The van der Waals surface area contributed by atoms with Crippen molar-refractivity contribution in [2.45, 2.75) is 25.7 Å². The van der Waals surface area contributed by atoms with Gasteiger partial charge in [-0.2, -0.15) is 0 Å². The molecule has 0 aliphatic rings. The molecule has 1 N–H and O–H groups in total. The van der Waals surface area contributed by atoms with Crippen LogP contribution in [-0.4, -0.2) is 26.2 Å². The predicted octanol–water partition coefficient (Wildman–Crippen LogP) is 4.43. The first-order valence-electron chi connectivity index (χ1n) is 8.69. The maximum Gasteiger partial charge on any atom is 0.664 e. The Morgan fingerprint density at radius 3 is 1.43 bits per heavy atom. The molecule has 0 aliphatic heterocycles. The highest BCUT2D eigenvalue weighted by atomic mass is 31.1. The van der Waals surface area contributed by atoms with Gasteiger partial charge in [-0.15, -0.1) is 0 Å². The minimum absolute atomic E-state index is 0.250. The number of hydrogen-bond acceptors (Lipinski definition) is 7. The summed E-state index contributed by atoms with van der Waals surface area (Å²) in [4.78, 5) is 22.3. The number of nitrogens with one attached hydrogen (secondary N) is 1. The molecule has 0 saturated carbocycles. The SMILES string of the molecule is COC(=O)CCc1ccc(O[P+](=N)Oc2ccc(CCC(=O)OC)cc2)cc1. The monoisotopic (exact) mass is 404 g/mol. The number of aryl methyl sites for hydroxylation is 2. The molecule has 0 bridgehead atoms. The van der Waals surface area contributed by atoms with Crippen molar-refractivity contribution in [3.05, 3.63) is 59.7 Å². The Kier molecular flexibility index (Phi) is 8.43. The first-order chi connectivity index (χ1) is 13.5. The molecule has 0 spiro atoms. The lowest BCUT2D eigenvalue weighted by Crippen LogP contribution is -2.01. The summed E-state index contributed by atoms with van der Waals surface area (Å²) in [6.45, 7) is 0. The molecule has 0 heterocycles. The van der Waals surface area contributed by atoms with E-state index in [0.717, 1.165) is 11.1 Å². The highest BCUT2D eigenvalue weighted by Gasteiger charge is 2.18. The van der Waals surface area contributed by atoms with Crippen LogP contribution in [0.15, 0.2) is 48.5 Å². The second kappa shape index (κ2) is 11.0. The van der Waals surface area contributed by atoms with Gasteiger partial charge >= 0.3 is 20.1 Å². The summed E-state index contributed by atoms with van der Waals surface area (Å²) < 4.78 is 20.2. The molecule has 0 unspecified atom stereocenters. The summed E-state index contributed by atoms with van der Waals surface area (Å²) in [6, 6.07) is 14.4. The minimum atomic E-state index is -1.89. The number of hydrogen-bond donors (Lipinski definition) is 1. The number of rotatable bonds is 10. The highest BCUT2D eigenvalue weighted by Crippen LogP contribution is 2.31. The molecule has 2 aromatic rings. The van der Waals surface area contributed by atoms with E-state index in [9.17, 15) is 9.59 Å².